The molecule has 0 radical (unpaired) electrons. The monoisotopic (exact) mass is 369 g/mol. The lowest BCUT2D eigenvalue weighted by Crippen LogP contribution is -3.13. The summed E-state index contributed by atoms with van der Waals surface area (Å²) in [6.07, 6.45) is 0. The standard InChI is InChI=1S/C21H24N2O4/c1-2-25-18-6-4-17(5-7-18)21(24)23-11-9-22(10-12-23)14-16-3-8-19-20(13-16)27-15-26-19/h3-8,13H,2,9-12,14-15H2,1H3/p+1. The van der Waals surface area contributed by atoms with Gasteiger partial charge in [-0.15, -0.1) is 0 Å². The van der Waals surface area contributed by atoms with Gasteiger partial charge >= 0.3 is 0 Å². The Morgan fingerprint density at radius 1 is 1.07 bits per heavy atom. The lowest BCUT2D eigenvalue weighted by Gasteiger charge is -2.32. The van der Waals surface area contributed by atoms with E-state index in [1.807, 2.05) is 42.2 Å². The van der Waals surface area contributed by atoms with Crippen molar-refractivity contribution in [3.8, 4) is 17.2 Å². The molecule has 0 atom stereocenters. The Labute approximate surface area is 159 Å². The highest BCUT2D eigenvalue weighted by molar-refractivity contribution is 5.94. The van der Waals surface area contributed by atoms with Crippen LogP contribution in [0.5, 0.6) is 17.2 Å². The van der Waals surface area contributed by atoms with Crippen molar-refractivity contribution < 1.29 is 23.9 Å². The number of fused-ring (bicyclic) bond motifs is 1. The average molecular weight is 369 g/mol. The minimum Gasteiger partial charge on any atom is -0.494 e. The van der Waals surface area contributed by atoms with E-state index >= 15 is 0 Å². The molecule has 142 valence electrons. The molecule has 1 amide bonds. The number of carbonyl (C=O) groups is 1. The largest absolute Gasteiger partial charge is 0.494 e. The molecular weight excluding hydrogens is 344 g/mol. The molecular formula is C21H25N2O4+. The zero-order valence-corrected chi connectivity index (χ0v) is 15.6. The molecule has 0 aromatic heterocycles. The van der Waals surface area contributed by atoms with Gasteiger partial charge in [0.2, 0.25) is 6.79 Å². The Morgan fingerprint density at radius 2 is 1.81 bits per heavy atom. The highest BCUT2D eigenvalue weighted by atomic mass is 16.7. The molecule has 2 aliphatic rings. The van der Waals surface area contributed by atoms with Crippen LogP contribution < -0.4 is 19.1 Å². The van der Waals surface area contributed by atoms with Gasteiger partial charge < -0.3 is 24.0 Å². The average Bonchev–Trinajstić information content (AvgIpc) is 3.17. The Bertz CT molecular complexity index is 798. The maximum Gasteiger partial charge on any atom is 0.254 e. The third-order valence-corrected chi connectivity index (χ3v) is 5.06. The number of nitrogens with zero attached hydrogens (tertiary/aromatic N) is 1. The van der Waals surface area contributed by atoms with E-state index in [1.54, 1.807) is 0 Å². The summed E-state index contributed by atoms with van der Waals surface area (Å²) in [6.45, 7) is 7.23. The number of nitrogens with one attached hydrogen (secondary N) is 1. The van der Waals surface area contributed by atoms with E-state index in [9.17, 15) is 4.79 Å². The molecule has 2 aromatic rings. The van der Waals surface area contributed by atoms with Gasteiger partial charge in [-0.05, 0) is 49.4 Å². The van der Waals surface area contributed by atoms with Gasteiger partial charge in [-0.3, -0.25) is 4.79 Å². The molecule has 27 heavy (non-hydrogen) atoms. The quantitative estimate of drug-likeness (QED) is 0.865. The van der Waals surface area contributed by atoms with E-state index in [4.69, 9.17) is 14.2 Å². The molecule has 0 spiro atoms. The van der Waals surface area contributed by atoms with E-state index in [1.165, 1.54) is 10.5 Å². The molecule has 2 aromatic carbocycles. The summed E-state index contributed by atoms with van der Waals surface area (Å²) in [5.74, 6) is 2.54. The van der Waals surface area contributed by atoms with Crippen LogP contribution in [0.1, 0.15) is 22.8 Å². The van der Waals surface area contributed by atoms with Crippen molar-refractivity contribution in [2.24, 2.45) is 0 Å². The Balaban J connectivity index is 1.31. The molecule has 6 heteroatoms. The molecule has 0 unspecified atom stereocenters. The Morgan fingerprint density at radius 3 is 2.56 bits per heavy atom. The van der Waals surface area contributed by atoms with Gasteiger partial charge in [-0.1, -0.05) is 0 Å². The van der Waals surface area contributed by atoms with Crippen LogP contribution in [0, 0.1) is 0 Å². The predicted molar refractivity (Wildman–Crippen MR) is 100 cm³/mol. The van der Waals surface area contributed by atoms with Gasteiger partial charge in [0.15, 0.2) is 11.5 Å². The maximum atomic E-state index is 12.7. The van der Waals surface area contributed by atoms with E-state index in [0.717, 1.165) is 55.5 Å². The highest BCUT2D eigenvalue weighted by Gasteiger charge is 2.25. The zero-order chi connectivity index (χ0) is 18.6. The number of hydrogen-bond acceptors (Lipinski definition) is 4. The van der Waals surface area contributed by atoms with Crippen LogP contribution in [0.25, 0.3) is 0 Å². The molecule has 1 fully saturated rings. The van der Waals surface area contributed by atoms with Gasteiger partial charge in [0.1, 0.15) is 12.3 Å². The number of rotatable bonds is 5. The highest BCUT2D eigenvalue weighted by Crippen LogP contribution is 2.32. The number of amides is 1. The van der Waals surface area contributed by atoms with Gasteiger partial charge in [0.25, 0.3) is 5.91 Å². The van der Waals surface area contributed by atoms with E-state index in [2.05, 4.69) is 12.1 Å². The second-order valence-corrected chi connectivity index (χ2v) is 6.86. The van der Waals surface area contributed by atoms with Crippen LogP contribution in [-0.4, -0.2) is 50.4 Å². The molecule has 0 bridgehead atoms. The molecule has 1 saturated heterocycles. The van der Waals surface area contributed by atoms with Crippen molar-refractivity contribution in [3.05, 3.63) is 53.6 Å². The van der Waals surface area contributed by atoms with E-state index < -0.39 is 0 Å². The molecule has 2 aliphatic heterocycles. The fourth-order valence-corrected chi connectivity index (χ4v) is 3.59. The van der Waals surface area contributed by atoms with Crippen molar-refractivity contribution in [2.45, 2.75) is 13.5 Å². The molecule has 0 aliphatic carbocycles. The second kappa shape index (κ2) is 7.88. The summed E-state index contributed by atoms with van der Waals surface area (Å²) in [6, 6.07) is 13.5. The SMILES string of the molecule is CCOc1ccc(C(=O)N2CC[NH+](Cc3ccc4c(c3)OCO4)CC2)cc1. The first-order valence-electron chi connectivity index (χ1n) is 9.47. The number of benzene rings is 2. The van der Waals surface area contributed by atoms with Crippen molar-refractivity contribution in [2.75, 3.05) is 39.6 Å². The normalized spacial score (nSPS) is 16.4. The summed E-state index contributed by atoms with van der Waals surface area (Å²) in [7, 11) is 0. The third-order valence-electron chi connectivity index (χ3n) is 5.06. The minimum atomic E-state index is 0.0974. The predicted octanol–water partition coefficient (Wildman–Crippen LogP) is 1.35. The van der Waals surface area contributed by atoms with Crippen LogP contribution in [0.2, 0.25) is 0 Å². The number of carbonyl (C=O) groups excluding carboxylic acids is 1. The maximum absolute atomic E-state index is 12.7. The van der Waals surface area contributed by atoms with Crippen molar-refractivity contribution in [1.82, 2.24) is 4.90 Å². The Hall–Kier alpha value is -2.73. The first-order chi connectivity index (χ1) is 13.2. The topological polar surface area (TPSA) is 52.4 Å². The van der Waals surface area contributed by atoms with Crippen LogP contribution in [0.15, 0.2) is 42.5 Å². The van der Waals surface area contributed by atoms with Gasteiger partial charge in [-0.25, -0.2) is 0 Å². The number of ether oxygens (including phenoxy) is 3. The fraction of sp³-hybridized carbons (Fsp3) is 0.381. The van der Waals surface area contributed by atoms with Crippen LogP contribution in [0.4, 0.5) is 0 Å². The number of piperazine rings is 1. The molecule has 6 nitrogen and oxygen atoms in total. The van der Waals surface area contributed by atoms with Crippen LogP contribution >= 0.6 is 0 Å². The first kappa shape index (κ1) is 17.7. The third kappa shape index (κ3) is 4.01. The van der Waals surface area contributed by atoms with Crippen LogP contribution in [-0.2, 0) is 6.54 Å². The molecule has 2 heterocycles. The Kier molecular flexibility index (Phi) is 5.16. The van der Waals surface area contributed by atoms with E-state index in [0.29, 0.717) is 13.4 Å². The van der Waals surface area contributed by atoms with Gasteiger partial charge in [-0.2, -0.15) is 0 Å². The summed E-state index contributed by atoms with van der Waals surface area (Å²) in [5, 5.41) is 0. The zero-order valence-electron chi connectivity index (χ0n) is 15.6. The van der Waals surface area contributed by atoms with Gasteiger partial charge in [0.05, 0.1) is 32.8 Å². The smallest absolute Gasteiger partial charge is 0.254 e. The van der Waals surface area contributed by atoms with E-state index in [-0.39, 0.29) is 5.91 Å². The summed E-state index contributed by atoms with van der Waals surface area (Å²) in [5.41, 5.74) is 1.96. The number of quaternary nitrogens is 1. The van der Waals surface area contributed by atoms with Crippen LogP contribution in [0.3, 0.4) is 0 Å². The summed E-state index contributed by atoms with van der Waals surface area (Å²) in [4.78, 5) is 16.1. The summed E-state index contributed by atoms with van der Waals surface area (Å²) >= 11 is 0. The molecule has 1 N–H and O–H groups in total. The number of hydrogen-bond donors (Lipinski definition) is 1. The lowest BCUT2D eigenvalue weighted by molar-refractivity contribution is -0.917. The second-order valence-electron chi connectivity index (χ2n) is 6.86. The molecule has 0 saturated carbocycles. The first-order valence-corrected chi connectivity index (χ1v) is 9.47. The van der Waals surface area contributed by atoms with Gasteiger partial charge in [0, 0.05) is 11.1 Å². The minimum absolute atomic E-state index is 0.0974. The van der Waals surface area contributed by atoms with Crippen molar-refractivity contribution in [1.29, 1.82) is 0 Å². The fourth-order valence-electron chi connectivity index (χ4n) is 3.59. The lowest BCUT2D eigenvalue weighted by atomic mass is 10.1. The van der Waals surface area contributed by atoms with Crippen molar-refractivity contribution >= 4 is 5.91 Å². The molecule has 4 rings (SSSR count). The summed E-state index contributed by atoms with van der Waals surface area (Å²) < 4.78 is 16.3. The van der Waals surface area contributed by atoms with Crippen molar-refractivity contribution in [3.63, 3.8) is 0 Å².